The summed E-state index contributed by atoms with van der Waals surface area (Å²) in [5.74, 6) is 1.85. The van der Waals surface area contributed by atoms with Crippen molar-refractivity contribution in [1.82, 2.24) is 9.97 Å². The molecule has 0 spiro atoms. The summed E-state index contributed by atoms with van der Waals surface area (Å²) in [5, 5.41) is 0. The second-order valence-electron chi connectivity index (χ2n) is 4.42. The Morgan fingerprint density at radius 2 is 2.19 bits per heavy atom. The average molecular weight is 324 g/mol. The Balaban J connectivity index is 1.97. The highest BCUT2D eigenvalue weighted by Crippen LogP contribution is 2.38. The molecule has 1 aromatic heterocycles. The van der Waals surface area contributed by atoms with Crippen molar-refractivity contribution in [1.29, 1.82) is 0 Å². The number of aromatic amines is 1. The van der Waals surface area contributed by atoms with E-state index in [1.807, 2.05) is 6.20 Å². The number of nitrogens with zero attached hydrogens (tertiary/aromatic N) is 1. The van der Waals surface area contributed by atoms with E-state index in [-0.39, 0.29) is 0 Å². The maximum absolute atomic E-state index is 4.45. The van der Waals surface area contributed by atoms with E-state index in [9.17, 15) is 0 Å². The second-order valence-corrected chi connectivity index (χ2v) is 5.58. The van der Waals surface area contributed by atoms with Gasteiger partial charge in [-0.25, -0.2) is 4.98 Å². The van der Waals surface area contributed by atoms with Crippen LogP contribution in [0.4, 0.5) is 0 Å². The normalized spacial score (nSPS) is 15.4. The molecule has 1 aromatic carbocycles. The summed E-state index contributed by atoms with van der Waals surface area (Å²) in [7, 11) is 0. The van der Waals surface area contributed by atoms with E-state index in [2.05, 4.69) is 57.7 Å². The fourth-order valence-electron chi connectivity index (χ4n) is 1.81. The topological polar surface area (TPSA) is 28.7 Å². The lowest BCUT2D eigenvalue weighted by atomic mass is 10.1. The van der Waals surface area contributed by atoms with E-state index in [0.717, 1.165) is 11.5 Å². The zero-order valence-corrected chi connectivity index (χ0v) is 11.3. The molecule has 0 bridgehead atoms. The first-order valence-electron chi connectivity index (χ1n) is 5.55. The van der Waals surface area contributed by atoms with Gasteiger partial charge in [0.05, 0.1) is 11.9 Å². The largest absolute Gasteiger partial charge is 0.342 e. The van der Waals surface area contributed by atoms with Crippen molar-refractivity contribution >= 4 is 22.6 Å². The molecule has 2 nitrogen and oxygen atoms in total. The number of aromatic nitrogens is 2. The van der Waals surface area contributed by atoms with Gasteiger partial charge in [-0.15, -0.1) is 0 Å². The molecule has 1 fully saturated rings. The minimum Gasteiger partial charge on any atom is -0.342 e. The predicted molar refractivity (Wildman–Crippen MR) is 73.5 cm³/mol. The molecule has 3 rings (SSSR count). The summed E-state index contributed by atoms with van der Waals surface area (Å²) < 4.78 is 1.30. The molecule has 0 unspecified atom stereocenters. The maximum atomic E-state index is 4.45. The Bertz CT molecular complexity index is 526. The van der Waals surface area contributed by atoms with E-state index in [0.29, 0.717) is 5.92 Å². The fraction of sp³-hybridized carbons (Fsp3) is 0.308. The highest BCUT2D eigenvalue weighted by Gasteiger charge is 2.26. The highest BCUT2D eigenvalue weighted by molar-refractivity contribution is 14.1. The van der Waals surface area contributed by atoms with Gasteiger partial charge in [-0.05, 0) is 54.0 Å². The molecular weight excluding hydrogens is 311 g/mol. The Hall–Kier alpha value is -0.840. The minimum absolute atomic E-state index is 0.693. The number of benzene rings is 1. The summed E-state index contributed by atoms with van der Waals surface area (Å²) in [4.78, 5) is 7.87. The van der Waals surface area contributed by atoms with Crippen molar-refractivity contribution in [3.8, 4) is 11.3 Å². The van der Waals surface area contributed by atoms with Crippen LogP contribution < -0.4 is 0 Å². The quantitative estimate of drug-likeness (QED) is 0.835. The molecule has 82 valence electrons. The minimum atomic E-state index is 0.693. The molecule has 3 heteroatoms. The van der Waals surface area contributed by atoms with Crippen molar-refractivity contribution in [2.75, 3.05) is 0 Å². The van der Waals surface area contributed by atoms with Gasteiger partial charge in [0.15, 0.2) is 0 Å². The lowest BCUT2D eigenvalue weighted by molar-refractivity contribution is 0.977. The summed E-state index contributed by atoms with van der Waals surface area (Å²) in [6.07, 6.45) is 4.53. The molecule has 16 heavy (non-hydrogen) atoms. The number of hydrogen-bond donors (Lipinski definition) is 1. The van der Waals surface area contributed by atoms with Crippen LogP contribution >= 0.6 is 22.6 Å². The number of hydrogen-bond acceptors (Lipinski definition) is 1. The SMILES string of the molecule is Cc1ccc(-c2cnc(C3CC3)[nH]2)cc1I. The molecule has 0 radical (unpaired) electrons. The summed E-state index contributed by atoms with van der Waals surface area (Å²) >= 11 is 2.37. The Morgan fingerprint density at radius 1 is 1.38 bits per heavy atom. The second kappa shape index (κ2) is 3.87. The first-order chi connectivity index (χ1) is 7.74. The standard InChI is InChI=1S/C13H13IN2/c1-8-2-3-10(6-11(8)14)12-7-15-13(16-12)9-4-5-9/h2-3,6-7,9H,4-5H2,1H3,(H,15,16). The third-order valence-corrected chi connectivity index (χ3v) is 4.20. The molecule has 0 atom stereocenters. The van der Waals surface area contributed by atoms with E-state index in [1.54, 1.807) is 0 Å². The zero-order valence-electron chi connectivity index (χ0n) is 9.13. The summed E-state index contributed by atoms with van der Waals surface area (Å²) in [5.41, 5.74) is 3.69. The lowest BCUT2D eigenvalue weighted by Crippen LogP contribution is -1.84. The monoisotopic (exact) mass is 324 g/mol. The molecular formula is C13H13IN2. The molecule has 0 aliphatic heterocycles. The molecule has 0 saturated heterocycles. The van der Waals surface area contributed by atoms with Crippen LogP contribution in [0.2, 0.25) is 0 Å². The average Bonchev–Trinajstić information content (AvgIpc) is 3.01. The van der Waals surface area contributed by atoms with Gasteiger partial charge in [-0.3, -0.25) is 0 Å². The van der Waals surface area contributed by atoms with Crippen LogP contribution in [-0.2, 0) is 0 Å². The van der Waals surface area contributed by atoms with Crippen molar-refractivity contribution < 1.29 is 0 Å². The van der Waals surface area contributed by atoms with Gasteiger partial charge in [-0.2, -0.15) is 0 Å². The van der Waals surface area contributed by atoms with Crippen LogP contribution in [0, 0.1) is 10.5 Å². The van der Waals surface area contributed by atoms with Gasteiger partial charge in [0.1, 0.15) is 5.82 Å². The van der Waals surface area contributed by atoms with Crippen LogP contribution in [0.15, 0.2) is 24.4 Å². The van der Waals surface area contributed by atoms with Crippen LogP contribution in [0.5, 0.6) is 0 Å². The molecule has 1 heterocycles. The van der Waals surface area contributed by atoms with Crippen molar-refractivity contribution in [3.63, 3.8) is 0 Å². The third kappa shape index (κ3) is 1.88. The van der Waals surface area contributed by atoms with Crippen LogP contribution in [0.1, 0.15) is 30.1 Å². The van der Waals surface area contributed by atoms with E-state index >= 15 is 0 Å². The van der Waals surface area contributed by atoms with Crippen LogP contribution in [0.25, 0.3) is 11.3 Å². The van der Waals surface area contributed by atoms with E-state index in [1.165, 1.54) is 27.5 Å². The van der Waals surface area contributed by atoms with E-state index in [4.69, 9.17) is 0 Å². The van der Waals surface area contributed by atoms with Crippen LogP contribution in [0.3, 0.4) is 0 Å². The van der Waals surface area contributed by atoms with Gasteiger partial charge in [0.2, 0.25) is 0 Å². The molecule has 1 saturated carbocycles. The zero-order chi connectivity index (χ0) is 11.1. The van der Waals surface area contributed by atoms with Gasteiger partial charge in [-0.1, -0.05) is 12.1 Å². The molecule has 2 aromatic rings. The molecule has 1 aliphatic carbocycles. The molecule has 1 aliphatic rings. The van der Waals surface area contributed by atoms with Crippen LogP contribution in [-0.4, -0.2) is 9.97 Å². The first kappa shape index (κ1) is 10.3. The van der Waals surface area contributed by atoms with Gasteiger partial charge < -0.3 is 4.98 Å². The number of aryl methyl sites for hydroxylation is 1. The predicted octanol–water partition coefficient (Wildman–Crippen LogP) is 3.87. The number of nitrogens with one attached hydrogen (secondary N) is 1. The maximum Gasteiger partial charge on any atom is 0.109 e. The summed E-state index contributed by atoms with van der Waals surface area (Å²) in [6.45, 7) is 2.13. The Morgan fingerprint density at radius 3 is 2.88 bits per heavy atom. The lowest BCUT2D eigenvalue weighted by Gasteiger charge is -2.01. The van der Waals surface area contributed by atoms with Gasteiger partial charge in [0, 0.05) is 15.1 Å². The number of imidazole rings is 1. The van der Waals surface area contributed by atoms with Crippen molar-refractivity contribution in [3.05, 3.63) is 39.4 Å². The number of rotatable bonds is 2. The third-order valence-electron chi connectivity index (χ3n) is 3.04. The number of H-pyrrole nitrogens is 1. The van der Waals surface area contributed by atoms with Gasteiger partial charge in [0.25, 0.3) is 0 Å². The smallest absolute Gasteiger partial charge is 0.109 e. The fourth-order valence-corrected chi connectivity index (χ4v) is 2.32. The Labute approximate surface area is 109 Å². The first-order valence-corrected chi connectivity index (χ1v) is 6.63. The Kier molecular flexibility index (Phi) is 2.50. The van der Waals surface area contributed by atoms with E-state index < -0.39 is 0 Å². The van der Waals surface area contributed by atoms with Gasteiger partial charge >= 0.3 is 0 Å². The van der Waals surface area contributed by atoms with Crippen molar-refractivity contribution in [2.45, 2.75) is 25.7 Å². The van der Waals surface area contributed by atoms with Crippen molar-refractivity contribution in [2.24, 2.45) is 0 Å². The number of halogens is 1. The molecule has 1 N–H and O–H groups in total. The summed E-state index contributed by atoms with van der Waals surface area (Å²) in [6, 6.07) is 6.52. The highest BCUT2D eigenvalue weighted by atomic mass is 127. The molecule has 0 amide bonds.